The first-order chi connectivity index (χ1) is 8.67. The Morgan fingerprint density at radius 2 is 1.68 bits per heavy atom. The summed E-state index contributed by atoms with van der Waals surface area (Å²) in [5, 5.41) is 11.9. The van der Waals surface area contributed by atoms with Crippen molar-refractivity contribution >= 4 is 17.7 Å². The summed E-state index contributed by atoms with van der Waals surface area (Å²) in [6, 6.07) is 5.26. The second kappa shape index (κ2) is 5.30. The highest BCUT2D eigenvalue weighted by Gasteiger charge is 2.35. The summed E-state index contributed by atoms with van der Waals surface area (Å²) < 4.78 is 0. The second-order valence-corrected chi connectivity index (χ2v) is 5.12. The van der Waals surface area contributed by atoms with Gasteiger partial charge in [0, 0.05) is 12.7 Å². The van der Waals surface area contributed by atoms with Crippen LogP contribution in [0, 0.1) is 13.8 Å². The first kappa shape index (κ1) is 15.0. The van der Waals surface area contributed by atoms with Crippen LogP contribution in [0.5, 0.6) is 0 Å². The van der Waals surface area contributed by atoms with Crippen molar-refractivity contribution in [3.05, 3.63) is 29.3 Å². The molecule has 0 atom stereocenters. The SMILES string of the molecule is Cc1cccc(C)c1NC(=O)N(C)C(C)(C)C(=O)O. The minimum absolute atomic E-state index is 0.440. The second-order valence-electron chi connectivity index (χ2n) is 5.12. The number of anilines is 1. The molecule has 0 unspecified atom stereocenters. The lowest BCUT2D eigenvalue weighted by Gasteiger charge is -2.31. The molecule has 0 saturated carbocycles. The number of likely N-dealkylation sites (N-methyl/N-ethyl adjacent to an activating group) is 1. The fourth-order valence-electron chi connectivity index (χ4n) is 1.60. The largest absolute Gasteiger partial charge is 0.480 e. The number of hydrogen-bond acceptors (Lipinski definition) is 2. The summed E-state index contributed by atoms with van der Waals surface area (Å²) in [5.74, 6) is -1.05. The number of carbonyl (C=O) groups excluding carboxylic acids is 1. The maximum Gasteiger partial charge on any atom is 0.329 e. The third kappa shape index (κ3) is 3.05. The molecule has 5 nitrogen and oxygen atoms in total. The summed E-state index contributed by atoms with van der Waals surface area (Å²) in [7, 11) is 1.47. The van der Waals surface area contributed by atoms with E-state index in [1.165, 1.54) is 25.8 Å². The van der Waals surface area contributed by atoms with E-state index in [-0.39, 0.29) is 0 Å². The lowest BCUT2D eigenvalue weighted by atomic mass is 10.0. The lowest BCUT2D eigenvalue weighted by Crippen LogP contribution is -2.52. The molecule has 1 aromatic rings. The number of para-hydroxylation sites is 1. The molecular formula is C14H20N2O3. The van der Waals surface area contributed by atoms with E-state index in [0.29, 0.717) is 0 Å². The van der Waals surface area contributed by atoms with Crippen LogP contribution < -0.4 is 5.32 Å². The number of urea groups is 1. The first-order valence-corrected chi connectivity index (χ1v) is 6.02. The number of nitrogens with one attached hydrogen (secondary N) is 1. The molecule has 0 aliphatic rings. The minimum Gasteiger partial charge on any atom is -0.480 e. The van der Waals surface area contributed by atoms with Crippen LogP contribution in [0.15, 0.2) is 18.2 Å². The topological polar surface area (TPSA) is 69.6 Å². The van der Waals surface area contributed by atoms with Crippen LogP contribution in [-0.4, -0.2) is 34.6 Å². The predicted octanol–water partition coefficient (Wildman–Crippen LogP) is 2.63. The molecule has 1 rings (SSSR count). The molecule has 104 valence electrons. The summed E-state index contributed by atoms with van der Waals surface area (Å²) in [6.07, 6.45) is 0. The molecule has 0 spiro atoms. The van der Waals surface area contributed by atoms with Gasteiger partial charge in [-0.1, -0.05) is 18.2 Å². The van der Waals surface area contributed by atoms with Gasteiger partial charge in [0.15, 0.2) is 0 Å². The molecule has 0 saturated heterocycles. The van der Waals surface area contributed by atoms with Crippen LogP contribution in [0.3, 0.4) is 0 Å². The molecule has 0 aromatic heterocycles. The van der Waals surface area contributed by atoms with Crippen LogP contribution in [0.2, 0.25) is 0 Å². The predicted molar refractivity (Wildman–Crippen MR) is 74.4 cm³/mol. The first-order valence-electron chi connectivity index (χ1n) is 6.02. The molecule has 19 heavy (non-hydrogen) atoms. The van der Waals surface area contributed by atoms with E-state index in [2.05, 4.69) is 5.32 Å². The number of amides is 2. The lowest BCUT2D eigenvalue weighted by molar-refractivity contribution is -0.146. The summed E-state index contributed by atoms with van der Waals surface area (Å²) >= 11 is 0. The fraction of sp³-hybridized carbons (Fsp3) is 0.429. The van der Waals surface area contributed by atoms with Crippen molar-refractivity contribution in [1.82, 2.24) is 4.90 Å². The molecule has 0 radical (unpaired) electrons. The van der Waals surface area contributed by atoms with Gasteiger partial charge in [-0.15, -0.1) is 0 Å². The third-order valence-corrected chi connectivity index (χ3v) is 3.38. The number of aryl methyl sites for hydroxylation is 2. The van der Waals surface area contributed by atoms with Crippen molar-refractivity contribution in [3.63, 3.8) is 0 Å². The summed E-state index contributed by atoms with van der Waals surface area (Å²) in [4.78, 5) is 24.4. The van der Waals surface area contributed by atoms with E-state index in [0.717, 1.165) is 16.8 Å². The van der Waals surface area contributed by atoms with Crippen LogP contribution in [-0.2, 0) is 4.79 Å². The van der Waals surface area contributed by atoms with E-state index in [1.54, 1.807) is 0 Å². The van der Waals surface area contributed by atoms with Crippen molar-refractivity contribution in [2.24, 2.45) is 0 Å². The van der Waals surface area contributed by atoms with Gasteiger partial charge >= 0.3 is 12.0 Å². The summed E-state index contributed by atoms with van der Waals surface area (Å²) in [6.45, 7) is 6.76. The van der Waals surface area contributed by atoms with Crippen LogP contribution >= 0.6 is 0 Å². The quantitative estimate of drug-likeness (QED) is 0.881. The number of aliphatic carboxylic acids is 1. The Morgan fingerprint density at radius 3 is 2.11 bits per heavy atom. The molecule has 0 bridgehead atoms. The highest BCUT2D eigenvalue weighted by molar-refractivity contribution is 5.94. The Morgan fingerprint density at radius 1 is 1.21 bits per heavy atom. The standard InChI is InChI=1S/C14H20N2O3/c1-9-7-6-8-10(2)11(9)15-13(19)16(5)14(3,4)12(17)18/h6-8H,1-5H3,(H,15,19)(H,17,18). The summed E-state index contributed by atoms with van der Waals surface area (Å²) in [5.41, 5.74) is 1.34. The molecule has 5 heteroatoms. The van der Waals surface area contributed by atoms with Gasteiger partial charge in [0.2, 0.25) is 0 Å². The van der Waals surface area contributed by atoms with Crippen LogP contribution in [0.25, 0.3) is 0 Å². The number of carbonyl (C=O) groups is 2. The minimum atomic E-state index is -1.26. The van der Waals surface area contributed by atoms with E-state index in [4.69, 9.17) is 5.11 Å². The number of hydrogen-bond donors (Lipinski definition) is 2. The highest BCUT2D eigenvalue weighted by atomic mass is 16.4. The number of carboxylic acid groups (broad SMARTS) is 1. The van der Waals surface area contributed by atoms with Gasteiger partial charge in [0.25, 0.3) is 0 Å². The van der Waals surface area contributed by atoms with Crippen molar-refractivity contribution in [3.8, 4) is 0 Å². The average Bonchev–Trinajstić information content (AvgIpc) is 2.32. The van der Waals surface area contributed by atoms with E-state index in [9.17, 15) is 9.59 Å². The molecule has 0 heterocycles. The Bertz CT molecular complexity index is 489. The average molecular weight is 264 g/mol. The van der Waals surface area contributed by atoms with Gasteiger partial charge < -0.3 is 15.3 Å². The molecule has 1 aromatic carbocycles. The maximum absolute atomic E-state index is 12.1. The van der Waals surface area contributed by atoms with Gasteiger partial charge in [0.1, 0.15) is 5.54 Å². The molecule has 0 aliphatic carbocycles. The molecule has 2 amide bonds. The van der Waals surface area contributed by atoms with Crippen molar-refractivity contribution in [2.75, 3.05) is 12.4 Å². The zero-order valence-corrected chi connectivity index (χ0v) is 11.9. The van der Waals surface area contributed by atoms with E-state index in [1.807, 2.05) is 32.0 Å². The smallest absolute Gasteiger partial charge is 0.329 e. The molecular weight excluding hydrogens is 244 g/mol. The van der Waals surface area contributed by atoms with Gasteiger partial charge in [0.05, 0.1) is 0 Å². The Hall–Kier alpha value is -2.04. The highest BCUT2D eigenvalue weighted by Crippen LogP contribution is 2.21. The van der Waals surface area contributed by atoms with E-state index >= 15 is 0 Å². The zero-order chi connectivity index (χ0) is 14.8. The van der Waals surface area contributed by atoms with Crippen LogP contribution in [0.1, 0.15) is 25.0 Å². The fourth-order valence-corrected chi connectivity index (χ4v) is 1.60. The Labute approximate surface area is 113 Å². The zero-order valence-electron chi connectivity index (χ0n) is 11.9. The number of rotatable bonds is 3. The Kier molecular flexibility index (Phi) is 4.19. The van der Waals surface area contributed by atoms with Gasteiger partial charge in [-0.05, 0) is 38.8 Å². The number of carboxylic acids is 1. The third-order valence-electron chi connectivity index (χ3n) is 3.38. The molecule has 0 fully saturated rings. The van der Waals surface area contributed by atoms with Crippen molar-refractivity contribution in [1.29, 1.82) is 0 Å². The molecule has 2 N–H and O–H groups in total. The maximum atomic E-state index is 12.1. The Balaban J connectivity index is 2.95. The van der Waals surface area contributed by atoms with Gasteiger partial charge in [-0.25, -0.2) is 9.59 Å². The number of benzene rings is 1. The van der Waals surface area contributed by atoms with Gasteiger partial charge in [-0.3, -0.25) is 0 Å². The van der Waals surface area contributed by atoms with Crippen molar-refractivity contribution < 1.29 is 14.7 Å². The normalized spacial score (nSPS) is 11.0. The van der Waals surface area contributed by atoms with Crippen molar-refractivity contribution in [2.45, 2.75) is 33.2 Å². The monoisotopic (exact) mass is 264 g/mol. The molecule has 0 aliphatic heterocycles. The van der Waals surface area contributed by atoms with Gasteiger partial charge in [-0.2, -0.15) is 0 Å². The van der Waals surface area contributed by atoms with Crippen LogP contribution in [0.4, 0.5) is 10.5 Å². The van der Waals surface area contributed by atoms with E-state index < -0.39 is 17.5 Å². The number of nitrogens with zero attached hydrogens (tertiary/aromatic N) is 1.